The van der Waals surface area contributed by atoms with Crippen LogP contribution in [0.5, 0.6) is 0 Å². The number of rotatable bonds is 6. The lowest BCUT2D eigenvalue weighted by atomic mass is 9.46. The highest BCUT2D eigenvalue weighted by Crippen LogP contribution is 2.67. The van der Waals surface area contributed by atoms with Crippen LogP contribution in [0, 0.1) is 40.4 Å². The number of allylic oxidation sites excluding steroid dienone is 1. The number of carbonyl (C=O) groups excluding carboxylic acids is 1. The molecule has 29 heavy (non-hydrogen) atoms. The summed E-state index contributed by atoms with van der Waals surface area (Å²) in [6, 6.07) is 0. The summed E-state index contributed by atoms with van der Waals surface area (Å²) in [5.74, 6) is 4.14. The molecule has 4 aliphatic carbocycles. The van der Waals surface area contributed by atoms with E-state index >= 15 is 0 Å². The van der Waals surface area contributed by atoms with E-state index in [2.05, 4.69) is 33.8 Å². The first-order chi connectivity index (χ1) is 13.8. The van der Waals surface area contributed by atoms with E-state index in [1.165, 1.54) is 44.9 Å². The molecule has 3 saturated carbocycles. The lowest BCUT2D eigenvalue weighted by Gasteiger charge is -2.59. The van der Waals surface area contributed by atoms with Gasteiger partial charge in [-0.15, -0.1) is 0 Å². The summed E-state index contributed by atoms with van der Waals surface area (Å²) >= 11 is 0. The minimum atomic E-state index is -0.448. The Morgan fingerprint density at radius 2 is 1.97 bits per heavy atom. The van der Waals surface area contributed by atoms with E-state index in [4.69, 9.17) is 0 Å². The van der Waals surface area contributed by atoms with Crippen molar-refractivity contribution in [2.45, 2.75) is 110 Å². The molecule has 2 heteroatoms. The Morgan fingerprint density at radius 1 is 1.17 bits per heavy atom. The molecular formula is C27H44O2. The van der Waals surface area contributed by atoms with Crippen molar-refractivity contribution in [2.75, 3.05) is 0 Å². The van der Waals surface area contributed by atoms with Crippen LogP contribution in [0.25, 0.3) is 0 Å². The van der Waals surface area contributed by atoms with Gasteiger partial charge in [-0.25, -0.2) is 0 Å². The van der Waals surface area contributed by atoms with E-state index in [-0.39, 0.29) is 0 Å². The van der Waals surface area contributed by atoms with Crippen molar-refractivity contribution in [3.8, 4) is 0 Å². The van der Waals surface area contributed by atoms with Crippen LogP contribution >= 0.6 is 0 Å². The Labute approximate surface area is 178 Å². The second kappa shape index (κ2) is 7.81. The van der Waals surface area contributed by atoms with Crippen molar-refractivity contribution in [3.05, 3.63) is 11.6 Å². The first-order valence-corrected chi connectivity index (χ1v) is 12.6. The number of aldehydes is 1. The van der Waals surface area contributed by atoms with Gasteiger partial charge in [-0.3, -0.25) is 0 Å². The van der Waals surface area contributed by atoms with Crippen molar-refractivity contribution in [1.82, 2.24) is 0 Å². The Balaban J connectivity index is 1.53. The quantitative estimate of drug-likeness (QED) is 0.305. The molecule has 0 aromatic carbocycles. The van der Waals surface area contributed by atoms with Crippen molar-refractivity contribution in [1.29, 1.82) is 0 Å². The van der Waals surface area contributed by atoms with Crippen molar-refractivity contribution in [3.63, 3.8) is 0 Å². The summed E-state index contributed by atoms with van der Waals surface area (Å²) in [5, 5.41) is 10.9. The molecule has 0 aromatic heterocycles. The molecule has 164 valence electrons. The summed E-state index contributed by atoms with van der Waals surface area (Å²) in [6.45, 7) is 9.78. The Hall–Kier alpha value is -0.630. The van der Waals surface area contributed by atoms with Crippen molar-refractivity contribution in [2.24, 2.45) is 40.4 Å². The van der Waals surface area contributed by atoms with Crippen LogP contribution in [-0.4, -0.2) is 17.0 Å². The third kappa shape index (κ3) is 3.46. The molecule has 0 aliphatic heterocycles. The molecule has 2 nitrogen and oxygen atoms in total. The highest BCUT2D eigenvalue weighted by Gasteiger charge is 2.59. The average Bonchev–Trinajstić information content (AvgIpc) is 3.06. The van der Waals surface area contributed by atoms with Gasteiger partial charge in [-0.2, -0.15) is 0 Å². The monoisotopic (exact) mass is 400 g/mol. The summed E-state index contributed by atoms with van der Waals surface area (Å²) in [6.07, 6.45) is 17.5. The molecule has 0 spiro atoms. The third-order valence-corrected chi connectivity index (χ3v) is 10.7. The first-order valence-electron chi connectivity index (χ1n) is 12.6. The lowest BCUT2D eigenvalue weighted by molar-refractivity contribution is -0.108. The second-order valence-electron chi connectivity index (χ2n) is 11.8. The lowest BCUT2D eigenvalue weighted by Crippen LogP contribution is -2.52. The van der Waals surface area contributed by atoms with Crippen LogP contribution in [-0.2, 0) is 4.79 Å². The highest BCUT2D eigenvalue weighted by molar-refractivity contribution is 5.48. The van der Waals surface area contributed by atoms with Crippen LogP contribution in [0.1, 0.15) is 105 Å². The van der Waals surface area contributed by atoms with Crippen molar-refractivity contribution >= 4 is 6.29 Å². The van der Waals surface area contributed by atoms with E-state index in [9.17, 15) is 9.90 Å². The maximum Gasteiger partial charge on any atom is 0.119 e. The predicted octanol–water partition coefficient (Wildman–Crippen LogP) is 6.71. The fourth-order valence-corrected chi connectivity index (χ4v) is 8.71. The van der Waals surface area contributed by atoms with E-state index in [1.807, 2.05) is 0 Å². The van der Waals surface area contributed by atoms with E-state index in [0.717, 1.165) is 68.0 Å². The minimum absolute atomic E-state index is 0.333. The largest absolute Gasteiger partial charge is 0.390 e. The van der Waals surface area contributed by atoms with E-state index in [0.29, 0.717) is 10.8 Å². The molecule has 4 aliphatic rings. The van der Waals surface area contributed by atoms with Gasteiger partial charge in [0.15, 0.2) is 0 Å². The van der Waals surface area contributed by atoms with Crippen LogP contribution in [0.15, 0.2) is 11.6 Å². The molecule has 0 radical (unpaired) electrons. The van der Waals surface area contributed by atoms with Crippen LogP contribution < -0.4 is 0 Å². The molecule has 0 saturated heterocycles. The summed E-state index contributed by atoms with van der Waals surface area (Å²) < 4.78 is 0. The second-order valence-corrected chi connectivity index (χ2v) is 11.8. The van der Waals surface area contributed by atoms with Gasteiger partial charge < -0.3 is 9.90 Å². The number of hydrogen-bond donors (Lipinski definition) is 1. The van der Waals surface area contributed by atoms with Crippen LogP contribution in [0.4, 0.5) is 0 Å². The number of fused-ring (bicyclic) bond motifs is 5. The molecule has 6 unspecified atom stereocenters. The van der Waals surface area contributed by atoms with Gasteiger partial charge in [-0.05, 0) is 105 Å². The summed E-state index contributed by atoms with van der Waals surface area (Å²) in [4.78, 5) is 10.7. The fourth-order valence-electron chi connectivity index (χ4n) is 8.71. The SMILES string of the molecule is CC[C@]1(O)CCC2(C)C(=CCC3C2CCC2(C)C3CCC2[C@H](C)CCCC=O)C1. The molecular weight excluding hydrogens is 356 g/mol. The van der Waals surface area contributed by atoms with Gasteiger partial charge in [0.05, 0.1) is 5.60 Å². The maximum atomic E-state index is 10.9. The molecule has 3 fully saturated rings. The zero-order valence-electron chi connectivity index (χ0n) is 19.4. The summed E-state index contributed by atoms with van der Waals surface area (Å²) in [5.41, 5.74) is 1.98. The topological polar surface area (TPSA) is 37.3 Å². The van der Waals surface area contributed by atoms with E-state index < -0.39 is 5.60 Å². The predicted molar refractivity (Wildman–Crippen MR) is 120 cm³/mol. The third-order valence-electron chi connectivity index (χ3n) is 10.7. The Kier molecular flexibility index (Phi) is 5.82. The standard InChI is InChI=1S/C27H44O2/c1-5-27(29)16-15-25(3)20(18-27)9-10-21-23-12-11-22(19(2)8-6-7-17-28)26(23,4)14-13-24(21)25/h9,17,19,21-24,29H,5-8,10-16,18H2,1-4H3/t19-,21?,22?,23?,24?,25?,26?,27+/m1/s1. The van der Waals surface area contributed by atoms with Gasteiger partial charge in [-0.1, -0.05) is 45.8 Å². The maximum absolute atomic E-state index is 10.9. The van der Waals surface area contributed by atoms with Crippen LogP contribution in [0.2, 0.25) is 0 Å². The first kappa shape index (κ1) is 21.6. The zero-order chi connectivity index (χ0) is 20.9. The fraction of sp³-hybridized carbons (Fsp3) is 0.889. The smallest absolute Gasteiger partial charge is 0.119 e. The highest BCUT2D eigenvalue weighted by atomic mass is 16.3. The average molecular weight is 401 g/mol. The number of hydrogen-bond acceptors (Lipinski definition) is 2. The summed E-state index contributed by atoms with van der Waals surface area (Å²) in [7, 11) is 0. The normalized spacial score (nSPS) is 47.6. The van der Waals surface area contributed by atoms with E-state index in [1.54, 1.807) is 5.57 Å². The molecule has 4 rings (SSSR count). The number of unbranched alkanes of at least 4 members (excludes halogenated alkanes) is 1. The zero-order valence-corrected chi connectivity index (χ0v) is 19.4. The minimum Gasteiger partial charge on any atom is -0.390 e. The Bertz CT molecular complexity index is 653. The molecule has 8 atom stereocenters. The van der Waals surface area contributed by atoms with Crippen LogP contribution in [0.3, 0.4) is 0 Å². The molecule has 0 heterocycles. The number of aliphatic hydroxyl groups is 1. The molecule has 1 N–H and O–H groups in total. The Morgan fingerprint density at radius 3 is 2.69 bits per heavy atom. The van der Waals surface area contributed by atoms with Crippen molar-refractivity contribution < 1.29 is 9.90 Å². The number of carbonyl (C=O) groups is 1. The molecule has 0 amide bonds. The van der Waals surface area contributed by atoms with Gasteiger partial charge >= 0.3 is 0 Å². The molecule has 0 aromatic rings. The molecule has 0 bridgehead atoms. The van der Waals surface area contributed by atoms with Gasteiger partial charge in [0.2, 0.25) is 0 Å². The van der Waals surface area contributed by atoms with Gasteiger partial charge in [0.25, 0.3) is 0 Å². The van der Waals surface area contributed by atoms with Gasteiger partial charge in [0.1, 0.15) is 6.29 Å². The van der Waals surface area contributed by atoms with Gasteiger partial charge in [0, 0.05) is 6.42 Å².